The van der Waals surface area contributed by atoms with Crippen LogP contribution in [0.25, 0.3) is 0 Å². The molecule has 1 atom stereocenters. The van der Waals surface area contributed by atoms with Gasteiger partial charge in [-0.15, -0.1) is 11.6 Å². The van der Waals surface area contributed by atoms with Crippen LogP contribution in [-0.4, -0.2) is 0 Å². The van der Waals surface area contributed by atoms with E-state index in [1.165, 1.54) is 6.07 Å². The minimum atomic E-state index is -4.37. The van der Waals surface area contributed by atoms with E-state index in [0.29, 0.717) is 11.1 Å². The van der Waals surface area contributed by atoms with Crippen LogP contribution in [0.2, 0.25) is 0 Å². The number of rotatable bonds is 2. The van der Waals surface area contributed by atoms with Gasteiger partial charge in [-0.05, 0) is 41.5 Å². The summed E-state index contributed by atoms with van der Waals surface area (Å²) < 4.78 is 39.7. The molecule has 0 spiro atoms. The third kappa shape index (κ3) is 3.57. The van der Waals surface area contributed by atoms with Gasteiger partial charge in [0.05, 0.1) is 10.9 Å². The van der Waals surface area contributed by atoms with Crippen molar-refractivity contribution in [3.05, 3.63) is 68.1 Å². The first kappa shape index (κ1) is 15.9. The minimum absolute atomic E-state index is 0.403. The van der Waals surface area contributed by atoms with Crippen LogP contribution in [0.1, 0.15) is 22.1 Å². The van der Waals surface area contributed by atoms with Gasteiger partial charge in [0.2, 0.25) is 0 Å². The highest BCUT2D eigenvalue weighted by Crippen LogP contribution is 2.37. The molecule has 20 heavy (non-hydrogen) atoms. The van der Waals surface area contributed by atoms with Crippen molar-refractivity contribution in [1.82, 2.24) is 0 Å². The molecule has 0 aliphatic heterocycles. The third-order valence-electron chi connectivity index (χ3n) is 2.74. The molecule has 0 nitrogen and oxygen atoms in total. The van der Waals surface area contributed by atoms with E-state index in [2.05, 4.69) is 31.9 Å². The Balaban J connectivity index is 2.43. The SMILES string of the molecule is FC(F)(F)c1cccc(C(Cl)c2cc(Br)ccc2Br)c1. The second-order valence-corrected chi connectivity index (χ2v) is 6.36. The van der Waals surface area contributed by atoms with E-state index in [1.807, 2.05) is 6.07 Å². The molecule has 2 rings (SSSR count). The van der Waals surface area contributed by atoms with Crippen molar-refractivity contribution in [2.45, 2.75) is 11.6 Å². The zero-order valence-corrected chi connectivity index (χ0v) is 13.8. The van der Waals surface area contributed by atoms with Crippen molar-refractivity contribution in [2.24, 2.45) is 0 Å². The van der Waals surface area contributed by atoms with Crippen molar-refractivity contribution in [1.29, 1.82) is 0 Å². The molecule has 0 N–H and O–H groups in total. The summed E-state index contributed by atoms with van der Waals surface area (Å²) in [4.78, 5) is 0. The van der Waals surface area contributed by atoms with Gasteiger partial charge in [0.1, 0.15) is 0 Å². The molecule has 0 aromatic heterocycles. The zero-order valence-electron chi connectivity index (χ0n) is 9.89. The molecule has 0 radical (unpaired) electrons. The van der Waals surface area contributed by atoms with Gasteiger partial charge in [-0.1, -0.05) is 44.0 Å². The van der Waals surface area contributed by atoms with Crippen LogP contribution in [0, 0.1) is 0 Å². The van der Waals surface area contributed by atoms with Gasteiger partial charge in [0.15, 0.2) is 0 Å². The summed E-state index contributed by atoms with van der Waals surface area (Å²) in [5.41, 5.74) is 0.410. The summed E-state index contributed by atoms with van der Waals surface area (Å²) in [5.74, 6) is 0. The van der Waals surface area contributed by atoms with Crippen molar-refractivity contribution < 1.29 is 13.2 Å². The molecule has 106 valence electrons. The molecule has 0 saturated carbocycles. The number of benzene rings is 2. The molecule has 0 saturated heterocycles. The fraction of sp³-hybridized carbons (Fsp3) is 0.143. The summed E-state index contributed by atoms with van der Waals surface area (Å²) in [6, 6.07) is 10.4. The summed E-state index contributed by atoms with van der Waals surface area (Å²) in [6.45, 7) is 0. The monoisotopic (exact) mass is 426 g/mol. The second kappa shape index (κ2) is 6.08. The number of hydrogen-bond donors (Lipinski definition) is 0. The van der Waals surface area contributed by atoms with E-state index in [1.54, 1.807) is 18.2 Å². The topological polar surface area (TPSA) is 0 Å². The maximum absolute atomic E-state index is 12.7. The van der Waals surface area contributed by atoms with Gasteiger partial charge >= 0.3 is 6.18 Å². The van der Waals surface area contributed by atoms with Gasteiger partial charge < -0.3 is 0 Å². The first-order valence-corrected chi connectivity index (χ1v) is 7.57. The number of alkyl halides is 4. The summed E-state index contributed by atoms with van der Waals surface area (Å²) in [5, 5.41) is -0.663. The lowest BCUT2D eigenvalue weighted by atomic mass is 10.0. The number of halogens is 6. The van der Waals surface area contributed by atoms with E-state index < -0.39 is 17.1 Å². The zero-order chi connectivity index (χ0) is 14.9. The molecule has 6 heteroatoms. The molecular weight excluding hydrogens is 420 g/mol. The second-order valence-electron chi connectivity index (χ2n) is 4.15. The van der Waals surface area contributed by atoms with Gasteiger partial charge in [-0.25, -0.2) is 0 Å². The van der Waals surface area contributed by atoms with Crippen molar-refractivity contribution >= 4 is 43.5 Å². The normalized spacial score (nSPS) is 13.3. The van der Waals surface area contributed by atoms with Crippen LogP contribution in [0.5, 0.6) is 0 Å². The van der Waals surface area contributed by atoms with Crippen LogP contribution >= 0.6 is 43.5 Å². The molecule has 0 aliphatic carbocycles. The lowest BCUT2D eigenvalue weighted by Gasteiger charge is -2.15. The quantitative estimate of drug-likeness (QED) is 0.475. The molecule has 0 fully saturated rings. The average Bonchev–Trinajstić information content (AvgIpc) is 2.40. The van der Waals surface area contributed by atoms with Crippen molar-refractivity contribution in [3.8, 4) is 0 Å². The van der Waals surface area contributed by atoms with Gasteiger partial charge in [-0.2, -0.15) is 13.2 Å². The largest absolute Gasteiger partial charge is 0.416 e. The first-order valence-electron chi connectivity index (χ1n) is 5.55. The Morgan fingerprint density at radius 1 is 1.00 bits per heavy atom. The molecule has 1 unspecified atom stereocenters. The maximum Gasteiger partial charge on any atom is 0.416 e. The fourth-order valence-corrected chi connectivity index (χ4v) is 3.06. The van der Waals surface area contributed by atoms with E-state index in [-0.39, 0.29) is 0 Å². The fourth-order valence-electron chi connectivity index (χ4n) is 1.76. The molecule has 0 amide bonds. The maximum atomic E-state index is 12.7. The first-order chi connectivity index (χ1) is 9.29. The van der Waals surface area contributed by atoms with Crippen molar-refractivity contribution in [2.75, 3.05) is 0 Å². The van der Waals surface area contributed by atoms with Crippen LogP contribution in [0.15, 0.2) is 51.4 Å². The van der Waals surface area contributed by atoms with E-state index in [4.69, 9.17) is 11.6 Å². The van der Waals surface area contributed by atoms with Gasteiger partial charge in [-0.3, -0.25) is 0 Å². The number of hydrogen-bond acceptors (Lipinski definition) is 0. The molecule has 0 aliphatic rings. The Kier molecular flexibility index (Phi) is 4.82. The molecular formula is C14H8Br2ClF3. The van der Waals surface area contributed by atoms with E-state index in [0.717, 1.165) is 21.1 Å². The smallest absolute Gasteiger partial charge is 0.166 e. The van der Waals surface area contributed by atoms with Gasteiger partial charge in [0, 0.05) is 8.95 Å². The highest BCUT2D eigenvalue weighted by atomic mass is 79.9. The van der Waals surface area contributed by atoms with Gasteiger partial charge in [0.25, 0.3) is 0 Å². The molecule has 0 heterocycles. The lowest BCUT2D eigenvalue weighted by molar-refractivity contribution is -0.137. The highest BCUT2D eigenvalue weighted by molar-refractivity contribution is 9.11. The van der Waals surface area contributed by atoms with Crippen LogP contribution in [0.3, 0.4) is 0 Å². The predicted molar refractivity (Wildman–Crippen MR) is 81.0 cm³/mol. The Bertz CT molecular complexity index is 626. The highest BCUT2D eigenvalue weighted by Gasteiger charge is 2.31. The molecule has 2 aromatic rings. The minimum Gasteiger partial charge on any atom is -0.166 e. The summed E-state index contributed by atoms with van der Waals surface area (Å²) in [6.07, 6.45) is -4.37. The van der Waals surface area contributed by atoms with E-state index >= 15 is 0 Å². The Hall–Kier alpha value is -0.520. The van der Waals surface area contributed by atoms with E-state index in [9.17, 15) is 13.2 Å². The third-order valence-corrected chi connectivity index (χ3v) is 4.44. The predicted octanol–water partition coefficient (Wildman–Crippen LogP) is 6.56. The molecule has 2 aromatic carbocycles. The van der Waals surface area contributed by atoms with Crippen LogP contribution in [0.4, 0.5) is 13.2 Å². The Morgan fingerprint density at radius 3 is 2.35 bits per heavy atom. The Labute approximate surface area is 136 Å². The summed E-state index contributed by atoms with van der Waals surface area (Å²) in [7, 11) is 0. The average molecular weight is 428 g/mol. The van der Waals surface area contributed by atoms with Crippen molar-refractivity contribution in [3.63, 3.8) is 0 Å². The Morgan fingerprint density at radius 2 is 1.70 bits per heavy atom. The standard InChI is InChI=1S/C14H8Br2ClF3/c15-10-4-5-12(16)11(7-10)13(17)8-2-1-3-9(6-8)14(18,19)20/h1-7,13H. The van der Waals surface area contributed by atoms with Crippen LogP contribution in [-0.2, 0) is 6.18 Å². The lowest BCUT2D eigenvalue weighted by Crippen LogP contribution is -2.06. The summed E-state index contributed by atoms with van der Waals surface area (Å²) >= 11 is 13.0. The van der Waals surface area contributed by atoms with Crippen LogP contribution < -0.4 is 0 Å². The molecule has 0 bridgehead atoms.